The van der Waals surface area contributed by atoms with Gasteiger partial charge in [-0.05, 0) is 35.1 Å². The molecule has 2 fully saturated rings. The summed E-state index contributed by atoms with van der Waals surface area (Å²) in [6.07, 6.45) is 1.69. The van der Waals surface area contributed by atoms with Crippen molar-refractivity contribution >= 4 is 40.8 Å². The van der Waals surface area contributed by atoms with E-state index in [1.165, 1.54) is 11.1 Å². The van der Waals surface area contributed by atoms with Gasteiger partial charge in [0, 0.05) is 81.2 Å². The average Bonchev–Trinajstić information content (AvgIpc) is 3.00. The van der Waals surface area contributed by atoms with Crippen LogP contribution in [0.15, 0.2) is 48.5 Å². The lowest BCUT2D eigenvalue weighted by molar-refractivity contribution is -0.0265. The molecule has 2 aromatic rings. The van der Waals surface area contributed by atoms with E-state index in [2.05, 4.69) is 69.3 Å². The van der Waals surface area contributed by atoms with Crippen LogP contribution in [0.1, 0.15) is 43.0 Å². The van der Waals surface area contributed by atoms with E-state index >= 15 is 0 Å². The number of aryl methyl sites for hydroxylation is 2. The lowest BCUT2D eigenvalue weighted by atomic mass is 10.1. The maximum Gasteiger partial charge on any atom is 0.501 e. The maximum absolute atomic E-state index is 6.50. The van der Waals surface area contributed by atoms with Gasteiger partial charge in [-0.2, -0.15) is 0 Å². The van der Waals surface area contributed by atoms with Gasteiger partial charge in [-0.1, -0.05) is 69.3 Å². The maximum atomic E-state index is 6.50. The first-order valence-electron chi connectivity index (χ1n) is 14.4. The predicted molar refractivity (Wildman–Crippen MR) is 164 cm³/mol. The number of alkyl halides is 2. The van der Waals surface area contributed by atoms with Gasteiger partial charge in [-0.15, -0.1) is 23.2 Å². The summed E-state index contributed by atoms with van der Waals surface area (Å²) < 4.78 is 38.2. The Morgan fingerprint density at radius 2 is 0.975 bits per heavy atom. The fraction of sp³-hybridized carbons (Fsp3) is 0.600. The third-order valence-electron chi connectivity index (χ3n) is 7.32. The highest BCUT2D eigenvalue weighted by atomic mass is 35.5. The van der Waals surface area contributed by atoms with Crippen LogP contribution >= 0.6 is 23.2 Å². The van der Waals surface area contributed by atoms with Crippen LogP contribution in [0.25, 0.3) is 0 Å². The van der Waals surface area contributed by atoms with Gasteiger partial charge in [0.05, 0.1) is 0 Å². The molecule has 2 aliphatic rings. The first-order valence-corrected chi connectivity index (χ1v) is 19.4. The average molecular weight is 628 g/mol. The number of hydrogen-bond donors (Lipinski definition) is 0. The molecule has 4 rings (SSSR count). The topological polar surface area (TPSA) is 55.4 Å². The van der Waals surface area contributed by atoms with E-state index in [0.29, 0.717) is 63.2 Å². The molecular weight excluding hydrogens is 583 g/mol. The Kier molecular flexibility index (Phi) is 12.5. The zero-order chi connectivity index (χ0) is 28.4. The summed E-state index contributed by atoms with van der Waals surface area (Å²) in [6, 6.07) is 18.3. The number of halogens is 2. The molecule has 0 aromatic heterocycles. The molecule has 222 valence electrons. The molecular formula is C30H44Cl2O6Si2. The van der Waals surface area contributed by atoms with Crippen molar-refractivity contribution in [2.24, 2.45) is 17.8 Å². The minimum atomic E-state index is -2.80. The highest BCUT2D eigenvalue weighted by Gasteiger charge is 2.46. The zero-order valence-corrected chi connectivity index (χ0v) is 27.6. The van der Waals surface area contributed by atoms with E-state index in [-0.39, 0.29) is 5.92 Å². The molecule has 10 heteroatoms. The van der Waals surface area contributed by atoms with E-state index < -0.39 is 17.6 Å². The van der Waals surface area contributed by atoms with Crippen molar-refractivity contribution < 1.29 is 26.6 Å². The van der Waals surface area contributed by atoms with Gasteiger partial charge in [0.25, 0.3) is 0 Å². The molecule has 0 radical (unpaired) electrons. The Morgan fingerprint density at radius 3 is 1.30 bits per heavy atom. The molecule has 0 spiro atoms. The van der Waals surface area contributed by atoms with Gasteiger partial charge in [0.1, 0.15) is 0 Å². The molecule has 0 aliphatic carbocycles. The van der Waals surface area contributed by atoms with Crippen LogP contribution in [0.4, 0.5) is 0 Å². The molecule has 0 bridgehead atoms. The summed E-state index contributed by atoms with van der Waals surface area (Å²) in [5.41, 5.74) is 4.70. The van der Waals surface area contributed by atoms with Crippen molar-refractivity contribution in [3.63, 3.8) is 0 Å². The van der Waals surface area contributed by atoms with E-state index in [0.717, 1.165) is 36.1 Å². The molecule has 0 atom stereocenters. The van der Waals surface area contributed by atoms with Crippen LogP contribution < -0.4 is 0 Å². The standard InChI is InChI=1S/C30H44Cl2O6Si2/c1-24-18-33-39(34-19-24,14-12-27-4-8-29(16-31)9-5-27)37-22-26(3)23-38-40(35-20-25(2)21-36-40)15-13-28-6-10-30(17-32)11-7-28/h4-11,24-26H,12-23H2,1-3H3. The van der Waals surface area contributed by atoms with E-state index in [4.69, 9.17) is 49.8 Å². The van der Waals surface area contributed by atoms with Crippen molar-refractivity contribution in [2.45, 2.75) is 57.5 Å². The molecule has 2 aliphatic heterocycles. The minimum absolute atomic E-state index is 0.137. The van der Waals surface area contributed by atoms with Crippen LogP contribution in [-0.2, 0) is 51.2 Å². The lowest BCUT2D eigenvalue weighted by Gasteiger charge is -2.38. The van der Waals surface area contributed by atoms with Crippen LogP contribution in [0.3, 0.4) is 0 Å². The first kappa shape index (κ1) is 32.1. The number of hydrogen-bond acceptors (Lipinski definition) is 6. The largest absolute Gasteiger partial charge is 0.501 e. The molecule has 6 nitrogen and oxygen atoms in total. The van der Waals surface area contributed by atoms with Crippen molar-refractivity contribution in [2.75, 3.05) is 39.6 Å². The second-order valence-corrected chi connectivity index (χ2v) is 17.4. The summed E-state index contributed by atoms with van der Waals surface area (Å²) >= 11 is 11.9. The minimum Gasteiger partial charge on any atom is -0.373 e. The predicted octanol–water partition coefficient (Wildman–Crippen LogP) is 6.86. The second-order valence-electron chi connectivity index (χ2n) is 11.4. The summed E-state index contributed by atoms with van der Waals surface area (Å²) in [7, 11) is -5.60. The Labute approximate surface area is 252 Å². The van der Waals surface area contributed by atoms with Gasteiger partial charge in [-0.3, -0.25) is 0 Å². The quantitative estimate of drug-likeness (QED) is 0.169. The van der Waals surface area contributed by atoms with Gasteiger partial charge in [0.15, 0.2) is 0 Å². The van der Waals surface area contributed by atoms with Crippen molar-refractivity contribution in [3.8, 4) is 0 Å². The van der Waals surface area contributed by atoms with Gasteiger partial charge < -0.3 is 26.6 Å². The Hall–Kier alpha value is -0.786. The molecule has 2 heterocycles. The first-order chi connectivity index (χ1) is 19.3. The summed E-state index contributed by atoms with van der Waals surface area (Å²) in [4.78, 5) is 0. The van der Waals surface area contributed by atoms with E-state index in [1.807, 2.05) is 0 Å². The van der Waals surface area contributed by atoms with E-state index in [9.17, 15) is 0 Å². The fourth-order valence-corrected chi connectivity index (χ4v) is 10.8. The van der Waals surface area contributed by atoms with E-state index in [1.54, 1.807) is 0 Å². The highest BCUT2D eigenvalue weighted by molar-refractivity contribution is 6.61. The molecule has 2 saturated heterocycles. The van der Waals surface area contributed by atoms with Crippen LogP contribution in [0.5, 0.6) is 0 Å². The summed E-state index contributed by atoms with van der Waals surface area (Å²) in [5, 5.41) is 0. The SMILES string of the molecule is CC1CO[Si](CCc2ccc(CCl)cc2)(OCC(C)CO[Si]2(CCc3ccc(CCl)cc3)OCC(C)CO2)OC1. The molecule has 0 N–H and O–H groups in total. The Bertz CT molecular complexity index is 928. The third kappa shape index (κ3) is 9.62. The Morgan fingerprint density at radius 1 is 0.650 bits per heavy atom. The molecule has 2 aromatic carbocycles. The normalized spacial score (nSPS) is 27.9. The lowest BCUT2D eigenvalue weighted by Crippen LogP contribution is -2.53. The third-order valence-corrected chi connectivity index (χ3v) is 13.3. The van der Waals surface area contributed by atoms with Crippen molar-refractivity contribution in [1.29, 1.82) is 0 Å². The molecule has 0 unspecified atom stereocenters. The number of rotatable bonds is 14. The molecule has 40 heavy (non-hydrogen) atoms. The zero-order valence-electron chi connectivity index (χ0n) is 24.0. The molecule has 0 amide bonds. The fourth-order valence-electron chi connectivity index (χ4n) is 4.63. The monoisotopic (exact) mass is 626 g/mol. The van der Waals surface area contributed by atoms with Crippen LogP contribution in [0.2, 0.25) is 12.1 Å². The highest BCUT2D eigenvalue weighted by Crippen LogP contribution is 2.28. The van der Waals surface area contributed by atoms with Crippen LogP contribution in [-0.4, -0.2) is 57.3 Å². The van der Waals surface area contributed by atoms with Crippen molar-refractivity contribution in [1.82, 2.24) is 0 Å². The second kappa shape index (κ2) is 15.6. The molecule has 0 saturated carbocycles. The van der Waals surface area contributed by atoms with Crippen LogP contribution in [0, 0.1) is 17.8 Å². The Balaban J connectivity index is 1.31. The summed E-state index contributed by atoms with van der Waals surface area (Å²) in [6.45, 7) is 10.1. The smallest absolute Gasteiger partial charge is 0.373 e. The summed E-state index contributed by atoms with van der Waals surface area (Å²) in [5.74, 6) is 1.92. The van der Waals surface area contributed by atoms with Gasteiger partial charge in [-0.25, -0.2) is 0 Å². The van der Waals surface area contributed by atoms with Crippen molar-refractivity contribution in [3.05, 3.63) is 70.8 Å². The van der Waals surface area contributed by atoms with Gasteiger partial charge >= 0.3 is 17.6 Å². The number of benzene rings is 2. The van der Waals surface area contributed by atoms with Gasteiger partial charge in [0.2, 0.25) is 0 Å².